The van der Waals surface area contributed by atoms with Crippen molar-refractivity contribution in [1.82, 2.24) is 0 Å². The zero-order valence-corrected chi connectivity index (χ0v) is 10.6. The largest absolute Gasteiger partial charge is 0.480 e. The lowest BCUT2D eigenvalue weighted by Gasteiger charge is -2.10. The Hall–Kier alpha value is -2.25. The molecule has 20 heavy (non-hydrogen) atoms. The molecule has 0 amide bonds. The number of carboxylic acids is 1. The first-order chi connectivity index (χ1) is 9.41. The molecule has 0 aliphatic rings. The summed E-state index contributed by atoms with van der Waals surface area (Å²) in [4.78, 5) is 33.2. The molecule has 0 fully saturated rings. The van der Waals surface area contributed by atoms with E-state index in [1.54, 1.807) is 18.2 Å². The van der Waals surface area contributed by atoms with Crippen molar-refractivity contribution in [2.45, 2.75) is 25.0 Å². The van der Waals surface area contributed by atoms with Crippen LogP contribution in [-0.4, -0.2) is 34.2 Å². The number of esters is 2. The average molecular weight is 281 g/mol. The molecule has 0 aromatic heterocycles. The summed E-state index contributed by atoms with van der Waals surface area (Å²) in [6.07, 6.45) is -2.03. The van der Waals surface area contributed by atoms with Crippen molar-refractivity contribution in [3.05, 3.63) is 35.9 Å². The molecule has 4 N–H and O–H groups in total. The quantitative estimate of drug-likeness (QED) is 0.494. The molecule has 0 saturated carbocycles. The number of carbonyl (C=O) groups excluding carboxylic acids is 2. The van der Waals surface area contributed by atoms with Gasteiger partial charge in [-0.15, -0.1) is 0 Å². The maximum atomic E-state index is 11.5. The standard InChI is InChI=1S/C13H15NO6/c14-9(12(17)18)6-7-10(15)20-13(19)11(16)8-4-2-1-3-5-8/h1-5,9,11,16H,6-7,14H2,(H,17,18)/t9-,11+/m0/s1. The number of carbonyl (C=O) groups is 3. The zero-order valence-electron chi connectivity index (χ0n) is 10.6. The third-order valence-electron chi connectivity index (χ3n) is 2.53. The second-order valence-corrected chi connectivity index (χ2v) is 4.09. The minimum absolute atomic E-state index is 0.150. The third-order valence-corrected chi connectivity index (χ3v) is 2.53. The number of nitrogens with two attached hydrogens (primary N) is 1. The van der Waals surface area contributed by atoms with Gasteiger partial charge < -0.3 is 20.7 Å². The zero-order chi connectivity index (χ0) is 15.1. The summed E-state index contributed by atoms with van der Waals surface area (Å²) in [5.41, 5.74) is 5.50. The molecule has 0 radical (unpaired) electrons. The van der Waals surface area contributed by atoms with Gasteiger partial charge in [-0.25, -0.2) is 4.79 Å². The number of aliphatic hydroxyl groups excluding tert-OH is 1. The fraction of sp³-hybridized carbons (Fsp3) is 0.308. The lowest BCUT2D eigenvalue weighted by atomic mass is 10.1. The van der Waals surface area contributed by atoms with Gasteiger partial charge in [-0.05, 0) is 12.0 Å². The molecule has 0 saturated heterocycles. The van der Waals surface area contributed by atoms with E-state index in [2.05, 4.69) is 4.74 Å². The molecule has 0 bridgehead atoms. The van der Waals surface area contributed by atoms with Crippen molar-refractivity contribution in [1.29, 1.82) is 0 Å². The highest BCUT2D eigenvalue weighted by Crippen LogP contribution is 2.14. The highest BCUT2D eigenvalue weighted by atomic mass is 16.6. The third kappa shape index (κ3) is 4.79. The van der Waals surface area contributed by atoms with Gasteiger partial charge >= 0.3 is 17.9 Å². The smallest absolute Gasteiger partial charge is 0.347 e. The van der Waals surface area contributed by atoms with E-state index in [0.29, 0.717) is 5.56 Å². The number of carboxylic acid groups (broad SMARTS) is 1. The lowest BCUT2D eigenvalue weighted by Crippen LogP contribution is -2.31. The molecule has 0 aliphatic heterocycles. The molecule has 7 heteroatoms. The van der Waals surface area contributed by atoms with Crippen LogP contribution in [0.1, 0.15) is 24.5 Å². The summed E-state index contributed by atoms with van der Waals surface area (Å²) < 4.78 is 4.42. The first-order valence-electron chi connectivity index (χ1n) is 5.87. The molecule has 0 spiro atoms. The van der Waals surface area contributed by atoms with Crippen molar-refractivity contribution in [3.63, 3.8) is 0 Å². The summed E-state index contributed by atoms with van der Waals surface area (Å²) in [5.74, 6) is -3.28. The van der Waals surface area contributed by atoms with E-state index in [1.165, 1.54) is 12.1 Å². The molecule has 0 aliphatic carbocycles. The van der Waals surface area contributed by atoms with E-state index in [1.807, 2.05) is 0 Å². The van der Waals surface area contributed by atoms with E-state index in [4.69, 9.17) is 10.8 Å². The molecular formula is C13H15NO6. The molecule has 0 heterocycles. The van der Waals surface area contributed by atoms with Crippen molar-refractivity contribution in [3.8, 4) is 0 Å². The summed E-state index contributed by atoms with van der Waals surface area (Å²) in [5, 5.41) is 18.2. The topological polar surface area (TPSA) is 127 Å². The van der Waals surface area contributed by atoms with E-state index in [9.17, 15) is 19.5 Å². The molecule has 1 rings (SSSR count). The molecule has 0 unspecified atom stereocenters. The first kappa shape index (κ1) is 15.8. The van der Waals surface area contributed by atoms with Gasteiger partial charge in [0.2, 0.25) is 0 Å². The number of benzene rings is 1. The Labute approximate surface area is 115 Å². The predicted octanol–water partition coefficient (Wildman–Crippen LogP) is -0.0181. The average Bonchev–Trinajstić information content (AvgIpc) is 2.44. The number of aliphatic hydroxyl groups is 1. The van der Waals surface area contributed by atoms with Crippen LogP contribution in [0, 0.1) is 0 Å². The normalized spacial score (nSPS) is 13.3. The Bertz CT molecular complexity index is 487. The number of ether oxygens (including phenoxy) is 1. The van der Waals surface area contributed by atoms with Crippen LogP contribution in [0.2, 0.25) is 0 Å². The van der Waals surface area contributed by atoms with Crippen LogP contribution in [0.5, 0.6) is 0 Å². The second-order valence-electron chi connectivity index (χ2n) is 4.09. The maximum Gasteiger partial charge on any atom is 0.347 e. The van der Waals surface area contributed by atoms with Crippen LogP contribution >= 0.6 is 0 Å². The van der Waals surface area contributed by atoms with Crippen LogP contribution in [0.25, 0.3) is 0 Å². The number of rotatable bonds is 6. The maximum absolute atomic E-state index is 11.5. The molecular weight excluding hydrogens is 266 g/mol. The van der Waals surface area contributed by atoms with Gasteiger partial charge in [-0.1, -0.05) is 30.3 Å². The van der Waals surface area contributed by atoms with Gasteiger partial charge in [0.25, 0.3) is 0 Å². The number of hydrogen-bond acceptors (Lipinski definition) is 6. The van der Waals surface area contributed by atoms with Crippen LogP contribution in [0.15, 0.2) is 30.3 Å². The van der Waals surface area contributed by atoms with Crippen LogP contribution in [0.4, 0.5) is 0 Å². The molecule has 2 atom stereocenters. The first-order valence-corrected chi connectivity index (χ1v) is 5.87. The van der Waals surface area contributed by atoms with E-state index >= 15 is 0 Å². The molecule has 1 aromatic carbocycles. The van der Waals surface area contributed by atoms with Crippen LogP contribution in [-0.2, 0) is 19.1 Å². The Balaban J connectivity index is 2.46. The highest BCUT2D eigenvalue weighted by Gasteiger charge is 2.22. The molecule has 1 aromatic rings. The minimum Gasteiger partial charge on any atom is -0.480 e. The predicted molar refractivity (Wildman–Crippen MR) is 67.3 cm³/mol. The van der Waals surface area contributed by atoms with Gasteiger partial charge in [0.05, 0.1) is 0 Å². The van der Waals surface area contributed by atoms with E-state index in [0.717, 1.165) is 0 Å². The van der Waals surface area contributed by atoms with Crippen LogP contribution in [0.3, 0.4) is 0 Å². The Morgan fingerprint density at radius 2 is 1.80 bits per heavy atom. The van der Waals surface area contributed by atoms with Crippen molar-refractivity contribution < 1.29 is 29.3 Å². The fourth-order valence-corrected chi connectivity index (χ4v) is 1.39. The summed E-state index contributed by atoms with van der Waals surface area (Å²) >= 11 is 0. The van der Waals surface area contributed by atoms with Crippen LogP contribution < -0.4 is 5.73 Å². The van der Waals surface area contributed by atoms with E-state index in [-0.39, 0.29) is 12.8 Å². The minimum atomic E-state index is -1.56. The van der Waals surface area contributed by atoms with Crippen molar-refractivity contribution in [2.24, 2.45) is 5.73 Å². The Kier molecular flexibility index (Phi) is 5.82. The van der Waals surface area contributed by atoms with Crippen molar-refractivity contribution in [2.75, 3.05) is 0 Å². The summed E-state index contributed by atoms with van der Waals surface area (Å²) in [7, 11) is 0. The fourth-order valence-electron chi connectivity index (χ4n) is 1.39. The van der Waals surface area contributed by atoms with Gasteiger partial charge in [0.15, 0.2) is 6.10 Å². The van der Waals surface area contributed by atoms with Gasteiger partial charge in [-0.3, -0.25) is 9.59 Å². The van der Waals surface area contributed by atoms with Gasteiger partial charge in [-0.2, -0.15) is 0 Å². The summed E-state index contributed by atoms with van der Waals surface area (Å²) in [6.45, 7) is 0. The Morgan fingerprint density at radius 3 is 2.35 bits per heavy atom. The van der Waals surface area contributed by atoms with E-state index < -0.39 is 30.1 Å². The highest BCUT2D eigenvalue weighted by molar-refractivity contribution is 5.88. The summed E-state index contributed by atoms with van der Waals surface area (Å²) in [6, 6.07) is 6.78. The van der Waals surface area contributed by atoms with Gasteiger partial charge in [0, 0.05) is 6.42 Å². The number of aliphatic carboxylic acids is 1. The monoisotopic (exact) mass is 281 g/mol. The lowest BCUT2D eigenvalue weighted by molar-refractivity contribution is -0.166. The molecule has 7 nitrogen and oxygen atoms in total. The number of hydrogen-bond donors (Lipinski definition) is 3. The Morgan fingerprint density at radius 1 is 1.20 bits per heavy atom. The van der Waals surface area contributed by atoms with Crippen molar-refractivity contribution >= 4 is 17.9 Å². The SMILES string of the molecule is N[C@@H](CCC(=O)OC(=O)[C@H](O)c1ccccc1)C(=O)O. The molecule has 108 valence electrons. The van der Waals surface area contributed by atoms with Gasteiger partial charge in [0.1, 0.15) is 6.04 Å². The second kappa shape index (κ2) is 7.37.